The Bertz CT molecular complexity index is 1370. The molecule has 5 aromatic rings. The van der Waals surface area contributed by atoms with E-state index in [2.05, 4.69) is 20.0 Å². The van der Waals surface area contributed by atoms with Crippen LogP contribution in [0, 0.1) is 0 Å². The van der Waals surface area contributed by atoms with Crippen LogP contribution in [0.4, 0.5) is 11.6 Å². The predicted octanol–water partition coefficient (Wildman–Crippen LogP) is 5.70. The second kappa shape index (κ2) is 10.0. The number of nitrogens with one attached hydrogen (secondary N) is 2. The molecule has 1 amide bonds. The first-order valence-electron chi connectivity index (χ1n) is 10.6. The fraction of sp³-hybridized carbons (Fsp3) is 0. The third kappa shape index (κ3) is 4.97. The average Bonchev–Trinajstić information content (AvgIpc) is 3.36. The number of carbonyl (C=O) groups is 1. The van der Waals surface area contributed by atoms with Gasteiger partial charge in [0.2, 0.25) is 5.95 Å². The highest BCUT2D eigenvalue weighted by molar-refractivity contribution is 8.00. The van der Waals surface area contributed by atoms with Crippen molar-refractivity contribution >= 4 is 29.5 Å². The highest BCUT2D eigenvalue weighted by Gasteiger charge is 2.18. The number of hydrogen-bond acceptors (Lipinski definition) is 6. The number of para-hydroxylation sites is 1. The molecule has 0 bridgehead atoms. The minimum atomic E-state index is -0.241. The van der Waals surface area contributed by atoms with Crippen LogP contribution < -0.4 is 10.0 Å². The third-order valence-electron chi connectivity index (χ3n) is 4.95. The normalized spacial score (nSPS) is 10.6. The summed E-state index contributed by atoms with van der Waals surface area (Å²) in [6.07, 6.45) is 3.36. The lowest BCUT2D eigenvalue weighted by atomic mass is 10.1. The van der Waals surface area contributed by atoms with Gasteiger partial charge in [0.05, 0.1) is 11.4 Å². The summed E-state index contributed by atoms with van der Waals surface area (Å²) < 4.78 is 4.76. The molecule has 0 aliphatic rings. The van der Waals surface area contributed by atoms with Crippen molar-refractivity contribution in [3.63, 3.8) is 0 Å². The van der Waals surface area contributed by atoms with Crippen molar-refractivity contribution in [2.75, 3.05) is 10.0 Å². The van der Waals surface area contributed by atoms with E-state index in [4.69, 9.17) is 5.10 Å². The molecule has 2 N–H and O–H groups in total. The number of rotatable bonds is 7. The number of carbonyl (C=O) groups excluding carboxylic acids is 1. The molecule has 0 fully saturated rings. The molecule has 0 unspecified atom stereocenters. The van der Waals surface area contributed by atoms with Crippen molar-refractivity contribution in [2.24, 2.45) is 0 Å². The molecule has 2 heterocycles. The van der Waals surface area contributed by atoms with Gasteiger partial charge in [0.1, 0.15) is 5.69 Å². The molecule has 0 saturated carbocycles. The number of aromatic nitrogens is 4. The summed E-state index contributed by atoms with van der Waals surface area (Å²) in [7, 11) is 0. The van der Waals surface area contributed by atoms with Crippen molar-refractivity contribution in [2.45, 2.75) is 4.90 Å². The molecule has 0 aliphatic heterocycles. The van der Waals surface area contributed by atoms with E-state index in [9.17, 15) is 4.79 Å². The minimum Gasteiger partial charge on any atom is -0.321 e. The van der Waals surface area contributed by atoms with Gasteiger partial charge in [-0.1, -0.05) is 48.5 Å². The molecule has 166 valence electrons. The van der Waals surface area contributed by atoms with Crippen LogP contribution in [0.5, 0.6) is 0 Å². The van der Waals surface area contributed by atoms with E-state index in [-0.39, 0.29) is 5.91 Å². The number of anilines is 2. The SMILES string of the molecule is O=C(Nc1ccc(SNc2ncccn2)cc1)c1cc(-c2ccccc2)nn1-c1ccccc1. The minimum absolute atomic E-state index is 0.241. The largest absolute Gasteiger partial charge is 0.321 e. The highest BCUT2D eigenvalue weighted by Crippen LogP contribution is 2.24. The lowest BCUT2D eigenvalue weighted by Crippen LogP contribution is -2.16. The van der Waals surface area contributed by atoms with E-state index in [1.807, 2.05) is 91.0 Å². The van der Waals surface area contributed by atoms with Crippen LogP contribution in [-0.4, -0.2) is 25.7 Å². The molecule has 7 nitrogen and oxygen atoms in total. The average molecular weight is 465 g/mol. The lowest BCUT2D eigenvalue weighted by molar-refractivity contribution is 0.101. The van der Waals surface area contributed by atoms with Gasteiger partial charge in [-0.15, -0.1) is 0 Å². The molecule has 2 aromatic heterocycles. The maximum absolute atomic E-state index is 13.2. The molecular weight excluding hydrogens is 444 g/mol. The van der Waals surface area contributed by atoms with Crippen LogP contribution in [0.2, 0.25) is 0 Å². The Kier molecular flexibility index (Phi) is 6.31. The van der Waals surface area contributed by atoms with Gasteiger partial charge in [-0.2, -0.15) is 5.10 Å². The van der Waals surface area contributed by atoms with E-state index < -0.39 is 0 Å². The zero-order valence-electron chi connectivity index (χ0n) is 18.0. The van der Waals surface area contributed by atoms with Crippen LogP contribution in [0.25, 0.3) is 16.9 Å². The Morgan fingerprint density at radius 3 is 2.18 bits per heavy atom. The summed E-state index contributed by atoms with van der Waals surface area (Å²) in [6.45, 7) is 0. The monoisotopic (exact) mass is 464 g/mol. The fourth-order valence-electron chi connectivity index (χ4n) is 3.32. The maximum Gasteiger partial charge on any atom is 0.274 e. The predicted molar refractivity (Wildman–Crippen MR) is 135 cm³/mol. The molecule has 3 aromatic carbocycles. The van der Waals surface area contributed by atoms with Crippen LogP contribution in [0.15, 0.2) is 114 Å². The fourth-order valence-corrected chi connectivity index (χ4v) is 3.90. The van der Waals surface area contributed by atoms with Gasteiger partial charge in [0.25, 0.3) is 5.91 Å². The Hall–Kier alpha value is -4.43. The topological polar surface area (TPSA) is 84.7 Å². The van der Waals surface area contributed by atoms with Crippen LogP contribution in [0.1, 0.15) is 10.5 Å². The van der Waals surface area contributed by atoms with E-state index >= 15 is 0 Å². The van der Waals surface area contributed by atoms with Gasteiger partial charge in [-0.25, -0.2) is 14.6 Å². The second-order valence-corrected chi connectivity index (χ2v) is 8.16. The standard InChI is InChI=1S/C26H20N6OS/c33-25(29-20-12-14-22(15-13-20)34-31-26-27-16-7-17-28-26)24-18-23(19-8-3-1-4-9-19)30-32(24)21-10-5-2-6-11-21/h1-18H,(H,29,33)(H,27,28,31). The third-order valence-corrected chi connectivity index (χ3v) is 5.74. The summed E-state index contributed by atoms with van der Waals surface area (Å²) in [5.41, 5.74) is 3.63. The molecule has 0 radical (unpaired) electrons. The van der Waals surface area contributed by atoms with Crippen molar-refractivity contribution in [3.05, 3.63) is 115 Å². The first-order chi connectivity index (χ1) is 16.8. The second-order valence-electron chi connectivity index (χ2n) is 7.28. The molecule has 0 saturated heterocycles. The summed E-state index contributed by atoms with van der Waals surface area (Å²) in [5, 5.41) is 7.69. The van der Waals surface area contributed by atoms with E-state index in [1.54, 1.807) is 23.1 Å². The van der Waals surface area contributed by atoms with Crippen molar-refractivity contribution < 1.29 is 4.79 Å². The zero-order valence-corrected chi connectivity index (χ0v) is 18.8. The zero-order chi connectivity index (χ0) is 23.2. The van der Waals surface area contributed by atoms with Crippen molar-refractivity contribution in [3.8, 4) is 16.9 Å². The number of amides is 1. The summed E-state index contributed by atoms with van der Waals surface area (Å²) in [6, 6.07) is 30.6. The van der Waals surface area contributed by atoms with Crippen LogP contribution in [0.3, 0.4) is 0 Å². The Balaban J connectivity index is 1.35. The molecule has 34 heavy (non-hydrogen) atoms. The van der Waals surface area contributed by atoms with Crippen molar-refractivity contribution in [1.29, 1.82) is 0 Å². The molecule has 0 atom stereocenters. The Morgan fingerprint density at radius 1 is 0.794 bits per heavy atom. The van der Waals surface area contributed by atoms with Gasteiger partial charge in [0, 0.05) is 28.5 Å². The molecular formula is C26H20N6OS. The molecule has 8 heteroatoms. The molecule has 0 spiro atoms. The maximum atomic E-state index is 13.2. The van der Waals surface area contributed by atoms with Gasteiger partial charge in [-0.05, 0) is 60.5 Å². The smallest absolute Gasteiger partial charge is 0.274 e. The van der Waals surface area contributed by atoms with Crippen molar-refractivity contribution in [1.82, 2.24) is 19.7 Å². The summed E-state index contributed by atoms with van der Waals surface area (Å²) in [5.74, 6) is 0.294. The van der Waals surface area contributed by atoms with E-state index in [1.165, 1.54) is 11.9 Å². The van der Waals surface area contributed by atoms with E-state index in [0.29, 0.717) is 17.3 Å². The Morgan fingerprint density at radius 2 is 1.47 bits per heavy atom. The number of nitrogens with zero attached hydrogens (tertiary/aromatic N) is 4. The van der Waals surface area contributed by atoms with Gasteiger partial charge in [0.15, 0.2) is 0 Å². The van der Waals surface area contributed by atoms with Crippen LogP contribution >= 0.6 is 11.9 Å². The molecule has 5 rings (SSSR count). The lowest BCUT2D eigenvalue weighted by Gasteiger charge is -2.09. The van der Waals surface area contributed by atoms with Gasteiger partial charge < -0.3 is 5.32 Å². The Labute approximate surface area is 201 Å². The van der Waals surface area contributed by atoms with Crippen LogP contribution in [-0.2, 0) is 0 Å². The quantitative estimate of drug-likeness (QED) is 0.301. The highest BCUT2D eigenvalue weighted by atomic mass is 32.2. The molecule has 0 aliphatic carbocycles. The summed E-state index contributed by atoms with van der Waals surface area (Å²) in [4.78, 5) is 22.5. The van der Waals surface area contributed by atoms with Gasteiger partial charge in [-0.3, -0.25) is 9.52 Å². The summed E-state index contributed by atoms with van der Waals surface area (Å²) >= 11 is 1.40. The first kappa shape index (κ1) is 21.4. The number of benzene rings is 3. The van der Waals surface area contributed by atoms with Gasteiger partial charge >= 0.3 is 0 Å². The first-order valence-corrected chi connectivity index (χ1v) is 11.4. The van der Waals surface area contributed by atoms with E-state index in [0.717, 1.165) is 21.8 Å². The number of hydrogen-bond donors (Lipinski definition) is 2.